The molecule has 0 unspecified atom stereocenters. The minimum atomic E-state index is 0.191. The molecule has 126 valence electrons. The fraction of sp³-hybridized carbons (Fsp3) is 0. The number of para-hydroxylation sites is 2. The second-order valence-electron chi connectivity index (χ2n) is 7.10. The zero-order chi connectivity index (χ0) is 18.0. The van der Waals surface area contributed by atoms with Gasteiger partial charge in [0.15, 0.2) is 0 Å². The number of rotatable bonds is 1. The van der Waals surface area contributed by atoms with Crippen LogP contribution in [-0.4, -0.2) is 6.71 Å². The van der Waals surface area contributed by atoms with Gasteiger partial charge in [-0.1, -0.05) is 72.3 Å². The van der Waals surface area contributed by atoms with E-state index in [1.165, 1.54) is 44.6 Å². The van der Waals surface area contributed by atoms with Crippen LogP contribution < -0.4 is 21.3 Å². The molecule has 3 heteroatoms. The van der Waals surface area contributed by atoms with Crippen LogP contribution in [0.3, 0.4) is 0 Å². The van der Waals surface area contributed by atoms with Crippen molar-refractivity contribution < 1.29 is 0 Å². The fourth-order valence-electron chi connectivity index (χ4n) is 4.73. The van der Waals surface area contributed by atoms with E-state index < -0.39 is 0 Å². The van der Waals surface area contributed by atoms with Crippen LogP contribution in [-0.2, 0) is 0 Å². The van der Waals surface area contributed by atoms with Crippen LogP contribution in [0.15, 0.2) is 91.0 Å². The van der Waals surface area contributed by atoms with E-state index in [-0.39, 0.29) is 6.71 Å². The molecule has 0 saturated carbocycles. The van der Waals surface area contributed by atoms with Crippen molar-refractivity contribution in [3.8, 4) is 11.1 Å². The topological polar surface area (TPSA) is 3.24 Å². The Labute approximate surface area is 163 Å². The van der Waals surface area contributed by atoms with E-state index >= 15 is 0 Å². The molecule has 2 aliphatic heterocycles. The molecule has 0 bridgehead atoms. The second kappa shape index (κ2) is 5.51. The van der Waals surface area contributed by atoms with Crippen molar-refractivity contribution in [3.05, 3.63) is 96.0 Å². The highest BCUT2D eigenvalue weighted by Gasteiger charge is 2.42. The molecule has 4 aromatic carbocycles. The molecule has 0 aromatic heterocycles. The molecule has 0 atom stereocenters. The summed E-state index contributed by atoms with van der Waals surface area (Å²) in [5.74, 6) is 0. The smallest absolute Gasteiger partial charge is 0.250 e. The number of benzene rings is 4. The number of hydrogen-bond acceptors (Lipinski definition) is 1. The average molecular weight is 364 g/mol. The Morgan fingerprint density at radius 2 is 1.26 bits per heavy atom. The first-order chi connectivity index (χ1) is 13.3. The maximum atomic E-state index is 6.72. The van der Waals surface area contributed by atoms with Crippen molar-refractivity contribution in [3.63, 3.8) is 0 Å². The van der Waals surface area contributed by atoms with Crippen molar-refractivity contribution in [2.75, 3.05) is 4.90 Å². The first-order valence-corrected chi connectivity index (χ1v) is 9.58. The molecular formula is C24H15BClN. The lowest BCUT2D eigenvalue weighted by Gasteiger charge is -2.35. The molecule has 0 saturated heterocycles. The van der Waals surface area contributed by atoms with Gasteiger partial charge < -0.3 is 4.90 Å². The van der Waals surface area contributed by atoms with Crippen LogP contribution in [0.1, 0.15) is 0 Å². The number of fused-ring (bicyclic) bond motifs is 5. The molecule has 0 radical (unpaired) electrons. The van der Waals surface area contributed by atoms with Gasteiger partial charge >= 0.3 is 0 Å². The van der Waals surface area contributed by atoms with Crippen LogP contribution in [0.4, 0.5) is 17.1 Å². The minimum absolute atomic E-state index is 0.191. The largest absolute Gasteiger partial charge is 0.312 e. The van der Waals surface area contributed by atoms with Gasteiger partial charge in [0.2, 0.25) is 6.71 Å². The lowest BCUT2D eigenvalue weighted by atomic mass is 9.37. The van der Waals surface area contributed by atoms with Gasteiger partial charge in [0.25, 0.3) is 0 Å². The van der Waals surface area contributed by atoms with Gasteiger partial charge in [0, 0.05) is 22.1 Å². The third-order valence-corrected chi connectivity index (χ3v) is 6.08. The maximum Gasteiger partial charge on any atom is 0.250 e. The van der Waals surface area contributed by atoms with Crippen molar-refractivity contribution in [1.29, 1.82) is 0 Å². The van der Waals surface area contributed by atoms with Gasteiger partial charge in [0.05, 0.1) is 0 Å². The summed E-state index contributed by atoms with van der Waals surface area (Å²) in [4.78, 5) is 2.38. The Kier molecular flexibility index (Phi) is 3.09. The second-order valence-corrected chi connectivity index (χ2v) is 7.51. The summed E-state index contributed by atoms with van der Waals surface area (Å²) in [6.07, 6.45) is 0. The van der Waals surface area contributed by atoms with E-state index in [9.17, 15) is 0 Å². The summed E-state index contributed by atoms with van der Waals surface area (Å²) in [6, 6.07) is 32.2. The molecule has 27 heavy (non-hydrogen) atoms. The summed E-state index contributed by atoms with van der Waals surface area (Å²) < 4.78 is 0. The van der Waals surface area contributed by atoms with Gasteiger partial charge in [-0.05, 0) is 57.8 Å². The van der Waals surface area contributed by atoms with E-state index in [0.29, 0.717) is 0 Å². The summed E-state index contributed by atoms with van der Waals surface area (Å²) in [5.41, 5.74) is 10.1. The summed E-state index contributed by atoms with van der Waals surface area (Å²) >= 11 is 6.72. The standard InChI is InChI=1S/C24H15BClN/c26-20-13-6-10-17-18-11-7-15-22-24(18)25(23(17)20)19-12-4-5-14-21(19)27(22)16-8-2-1-3-9-16/h1-15H. The van der Waals surface area contributed by atoms with Crippen LogP contribution in [0.25, 0.3) is 11.1 Å². The predicted octanol–water partition coefficient (Wildman–Crippen LogP) is 4.62. The van der Waals surface area contributed by atoms with Gasteiger partial charge in [-0.3, -0.25) is 0 Å². The number of anilines is 3. The minimum Gasteiger partial charge on any atom is -0.312 e. The lowest BCUT2D eigenvalue weighted by molar-refractivity contribution is 1.30. The quantitative estimate of drug-likeness (QED) is 0.385. The van der Waals surface area contributed by atoms with Crippen LogP contribution >= 0.6 is 11.6 Å². The lowest BCUT2D eigenvalue weighted by Crippen LogP contribution is -2.54. The molecule has 0 spiro atoms. The number of hydrogen-bond donors (Lipinski definition) is 0. The first-order valence-electron chi connectivity index (χ1n) is 9.20. The van der Waals surface area contributed by atoms with Crippen LogP contribution in [0, 0.1) is 0 Å². The monoisotopic (exact) mass is 363 g/mol. The molecule has 0 fully saturated rings. The summed E-state index contributed by atoms with van der Waals surface area (Å²) in [6.45, 7) is 0.191. The van der Waals surface area contributed by atoms with Crippen LogP contribution in [0.5, 0.6) is 0 Å². The molecule has 4 aromatic rings. The molecule has 2 aliphatic rings. The van der Waals surface area contributed by atoms with Gasteiger partial charge in [-0.15, -0.1) is 0 Å². The number of nitrogens with zero attached hydrogens (tertiary/aromatic N) is 1. The summed E-state index contributed by atoms with van der Waals surface area (Å²) in [5, 5.41) is 0.850. The Balaban J connectivity index is 1.74. The fourth-order valence-corrected chi connectivity index (χ4v) is 5.01. The highest BCUT2D eigenvalue weighted by Crippen LogP contribution is 2.40. The van der Waals surface area contributed by atoms with Gasteiger partial charge in [-0.25, -0.2) is 0 Å². The highest BCUT2D eigenvalue weighted by molar-refractivity contribution is 7.02. The van der Waals surface area contributed by atoms with Crippen LogP contribution in [0.2, 0.25) is 5.02 Å². The Morgan fingerprint density at radius 3 is 2.11 bits per heavy atom. The normalized spacial score (nSPS) is 13.2. The van der Waals surface area contributed by atoms with Gasteiger partial charge in [-0.2, -0.15) is 0 Å². The molecule has 0 N–H and O–H groups in total. The van der Waals surface area contributed by atoms with E-state index in [4.69, 9.17) is 11.6 Å². The number of halogens is 1. The van der Waals surface area contributed by atoms with Crippen molar-refractivity contribution >= 4 is 51.8 Å². The third kappa shape index (κ3) is 1.96. The summed E-state index contributed by atoms with van der Waals surface area (Å²) in [7, 11) is 0. The van der Waals surface area contributed by atoms with E-state index in [1.54, 1.807) is 0 Å². The maximum absolute atomic E-state index is 6.72. The molecule has 1 nitrogen and oxygen atoms in total. The zero-order valence-corrected chi connectivity index (χ0v) is 15.3. The zero-order valence-electron chi connectivity index (χ0n) is 14.6. The van der Waals surface area contributed by atoms with Crippen molar-refractivity contribution in [2.24, 2.45) is 0 Å². The molecule has 0 amide bonds. The van der Waals surface area contributed by atoms with E-state index in [1.807, 2.05) is 6.07 Å². The molecule has 2 heterocycles. The SMILES string of the molecule is Clc1cccc2c1B1c3ccccc3N(c3ccccc3)c3cccc-2c31. The van der Waals surface area contributed by atoms with Gasteiger partial charge in [0.1, 0.15) is 0 Å². The third-order valence-electron chi connectivity index (χ3n) is 5.75. The molecular weight excluding hydrogens is 349 g/mol. The molecule has 6 rings (SSSR count). The van der Waals surface area contributed by atoms with E-state index in [2.05, 4.69) is 89.8 Å². The Hall–Kier alpha value is -2.97. The molecule has 0 aliphatic carbocycles. The van der Waals surface area contributed by atoms with Crippen molar-refractivity contribution in [2.45, 2.75) is 0 Å². The Bertz CT molecular complexity index is 1200. The van der Waals surface area contributed by atoms with E-state index in [0.717, 1.165) is 5.02 Å². The first kappa shape index (κ1) is 15.1. The highest BCUT2D eigenvalue weighted by atomic mass is 35.5. The predicted molar refractivity (Wildman–Crippen MR) is 116 cm³/mol. The average Bonchev–Trinajstić information content (AvgIpc) is 3.07. The Morgan fingerprint density at radius 1 is 0.593 bits per heavy atom. The van der Waals surface area contributed by atoms with Crippen molar-refractivity contribution in [1.82, 2.24) is 0 Å².